The molecule has 106 valence electrons. The molecule has 19 heavy (non-hydrogen) atoms. The van der Waals surface area contributed by atoms with Gasteiger partial charge in [0.1, 0.15) is 5.82 Å². The van der Waals surface area contributed by atoms with Crippen molar-refractivity contribution in [1.29, 1.82) is 0 Å². The van der Waals surface area contributed by atoms with Crippen molar-refractivity contribution in [2.75, 3.05) is 24.3 Å². The number of hydrogen-bond acceptors (Lipinski definition) is 4. The van der Waals surface area contributed by atoms with Crippen LogP contribution in [0.4, 0.5) is 5.82 Å². The molecule has 0 spiro atoms. The van der Waals surface area contributed by atoms with Crippen LogP contribution in [0.15, 0.2) is 12.4 Å². The van der Waals surface area contributed by atoms with Gasteiger partial charge in [-0.05, 0) is 19.3 Å². The second kappa shape index (κ2) is 6.94. The molecule has 0 saturated heterocycles. The minimum absolute atomic E-state index is 0.226. The lowest BCUT2D eigenvalue weighted by Crippen LogP contribution is -2.28. The Kier molecular flexibility index (Phi) is 5.25. The summed E-state index contributed by atoms with van der Waals surface area (Å²) in [5, 5.41) is 3.36. The van der Waals surface area contributed by atoms with Gasteiger partial charge in [0.2, 0.25) is 5.88 Å². The molecule has 0 bridgehead atoms. The first kappa shape index (κ1) is 14.4. The third-order valence-corrected chi connectivity index (χ3v) is 4.23. The van der Waals surface area contributed by atoms with Crippen LogP contribution in [0.5, 0.6) is 5.88 Å². The van der Waals surface area contributed by atoms with Gasteiger partial charge in [-0.25, -0.2) is 0 Å². The maximum atomic E-state index is 6.13. The SMILES string of the molecule is CCCOc1cncc(NCC2(CCl)CCCC2)n1. The van der Waals surface area contributed by atoms with Crippen molar-refractivity contribution in [3.63, 3.8) is 0 Å². The molecule has 2 rings (SSSR count). The number of ether oxygens (including phenoxy) is 1. The maximum absolute atomic E-state index is 6.13. The van der Waals surface area contributed by atoms with Crippen molar-refractivity contribution >= 4 is 17.4 Å². The van der Waals surface area contributed by atoms with Crippen molar-refractivity contribution in [1.82, 2.24) is 9.97 Å². The zero-order valence-corrected chi connectivity index (χ0v) is 12.2. The van der Waals surface area contributed by atoms with Crippen molar-refractivity contribution in [3.8, 4) is 5.88 Å². The summed E-state index contributed by atoms with van der Waals surface area (Å²) in [5.74, 6) is 2.06. The summed E-state index contributed by atoms with van der Waals surface area (Å²) in [4.78, 5) is 8.55. The largest absolute Gasteiger partial charge is 0.477 e. The molecule has 0 unspecified atom stereocenters. The van der Waals surface area contributed by atoms with Gasteiger partial charge in [0.25, 0.3) is 0 Å². The molecule has 1 heterocycles. The van der Waals surface area contributed by atoms with Crippen molar-refractivity contribution in [3.05, 3.63) is 12.4 Å². The molecule has 0 radical (unpaired) electrons. The zero-order chi connectivity index (χ0) is 13.6. The fraction of sp³-hybridized carbons (Fsp3) is 0.714. The number of aromatic nitrogens is 2. The van der Waals surface area contributed by atoms with E-state index in [9.17, 15) is 0 Å². The second-order valence-corrected chi connectivity index (χ2v) is 5.55. The molecule has 0 aliphatic heterocycles. The van der Waals surface area contributed by atoms with E-state index < -0.39 is 0 Å². The number of rotatable bonds is 7. The summed E-state index contributed by atoms with van der Waals surface area (Å²) < 4.78 is 5.48. The summed E-state index contributed by atoms with van der Waals surface area (Å²) in [7, 11) is 0. The number of anilines is 1. The summed E-state index contributed by atoms with van der Waals surface area (Å²) in [6.45, 7) is 3.60. The molecule has 1 saturated carbocycles. The van der Waals surface area contributed by atoms with Crippen LogP contribution in [0.3, 0.4) is 0 Å². The van der Waals surface area contributed by atoms with E-state index in [0.717, 1.165) is 18.8 Å². The molecule has 4 nitrogen and oxygen atoms in total. The Balaban J connectivity index is 1.91. The fourth-order valence-corrected chi connectivity index (χ4v) is 2.83. The van der Waals surface area contributed by atoms with E-state index in [1.54, 1.807) is 12.4 Å². The highest BCUT2D eigenvalue weighted by Gasteiger charge is 2.32. The number of nitrogens with one attached hydrogen (secondary N) is 1. The number of nitrogens with zero attached hydrogens (tertiary/aromatic N) is 2. The van der Waals surface area contributed by atoms with Gasteiger partial charge in [-0.3, -0.25) is 4.98 Å². The first-order valence-electron chi connectivity index (χ1n) is 7.03. The number of halogens is 1. The van der Waals surface area contributed by atoms with E-state index in [1.165, 1.54) is 25.7 Å². The third-order valence-electron chi connectivity index (χ3n) is 3.66. The summed E-state index contributed by atoms with van der Waals surface area (Å²) in [6, 6.07) is 0. The Hall–Kier alpha value is -1.03. The minimum atomic E-state index is 0.226. The Morgan fingerprint density at radius 3 is 2.84 bits per heavy atom. The van der Waals surface area contributed by atoms with Gasteiger partial charge in [0.05, 0.1) is 19.0 Å². The van der Waals surface area contributed by atoms with E-state index >= 15 is 0 Å². The molecular formula is C14H22ClN3O. The van der Waals surface area contributed by atoms with E-state index in [0.29, 0.717) is 18.4 Å². The molecule has 0 aromatic carbocycles. The average Bonchev–Trinajstić information content (AvgIpc) is 2.93. The van der Waals surface area contributed by atoms with Gasteiger partial charge in [0.15, 0.2) is 0 Å². The number of alkyl halides is 1. The Bertz CT molecular complexity index is 394. The summed E-state index contributed by atoms with van der Waals surface area (Å²) >= 11 is 6.13. The predicted octanol–water partition coefficient (Wildman–Crippen LogP) is 3.48. The molecular weight excluding hydrogens is 262 g/mol. The van der Waals surface area contributed by atoms with Crippen LogP contribution in [0.25, 0.3) is 0 Å². The van der Waals surface area contributed by atoms with E-state index in [2.05, 4.69) is 22.2 Å². The lowest BCUT2D eigenvalue weighted by atomic mass is 9.88. The minimum Gasteiger partial charge on any atom is -0.477 e. The molecule has 1 N–H and O–H groups in total. The van der Waals surface area contributed by atoms with Gasteiger partial charge in [-0.2, -0.15) is 4.98 Å². The van der Waals surface area contributed by atoms with Crippen molar-refractivity contribution in [2.24, 2.45) is 5.41 Å². The first-order chi connectivity index (χ1) is 9.28. The highest BCUT2D eigenvalue weighted by atomic mass is 35.5. The first-order valence-corrected chi connectivity index (χ1v) is 7.56. The van der Waals surface area contributed by atoms with Crippen molar-refractivity contribution in [2.45, 2.75) is 39.0 Å². The predicted molar refractivity (Wildman–Crippen MR) is 77.9 cm³/mol. The lowest BCUT2D eigenvalue weighted by Gasteiger charge is -2.26. The van der Waals surface area contributed by atoms with Crippen LogP contribution in [0.2, 0.25) is 0 Å². The quantitative estimate of drug-likeness (QED) is 0.778. The number of hydrogen-bond donors (Lipinski definition) is 1. The van der Waals surface area contributed by atoms with Gasteiger partial charge in [-0.15, -0.1) is 11.6 Å². The third kappa shape index (κ3) is 3.96. The Morgan fingerprint density at radius 1 is 1.37 bits per heavy atom. The van der Waals surface area contributed by atoms with Gasteiger partial charge >= 0.3 is 0 Å². The van der Waals surface area contributed by atoms with E-state index in [-0.39, 0.29) is 5.41 Å². The van der Waals surface area contributed by atoms with Crippen molar-refractivity contribution < 1.29 is 4.74 Å². The highest BCUT2D eigenvalue weighted by Crippen LogP contribution is 2.39. The van der Waals surface area contributed by atoms with Crippen LogP contribution in [-0.4, -0.2) is 29.0 Å². The van der Waals surface area contributed by atoms with E-state index in [1.807, 2.05) is 0 Å². The van der Waals surface area contributed by atoms with Gasteiger partial charge < -0.3 is 10.1 Å². The summed E-state index contributed by atoms with van der Waals surface area (Å²) in [5.41, 5.74) is 0.226. The molecule has 0 amide bonds. The smallest absolute Gasteiger partial charge is 0.234 e. The average molecular weight is 284 g/mol. The maximum Gasteiger partial charge on any atom is 0.234 e. The normalized spacial score (nSPS) is 17.4. The molecule has 1 fully saturated rings. The van der Waals surface area contributed by atoms with Crippen LogP contribution < -0.4 is 10.1 Å². The molecule has 1 aromatic heterocycles. The highest BCUT2D eigenvalue weighted by molar-refractivity contribution is 6.18. The second-order valence-electron chi connectivity index (χ2n) is 5.29. The monoisotopic (exact) mass is 283 g/mol. The van der Waals surface area contributed by atoms with Crippen LogP contribution in [-0.2, 0) is 0 Å². The molecule has 1 aliphatic carbocycles. The fourth-order valence-electron chi connectivity index (χ4n) is 2.47. The summed E-state index contributed by atoms with van der Waals surface area (Å²) in [6.07, 6.45) is 9.30. The Morgan fingerprint density at radius 2 is 2.16 bits per heavy atom. The Labute approximate surface area is 119 Å². The van der Waals surface area contributed by atoms with Gasteiger partial charge in [-0.1, -0.05) is 19.8 Å². The standard InChI is InChI=1S/C14H22ClN3O/c1-2-7-19-13-9-16-8-12(18-13)17-11-14(10-15)5-3-4-6-14/h8-9H,2-7,10-11H2,1H3,(H,17,18). The topological polar surface area (TPSA) is 47.0 Å². The molecule has 0 atom stereocenters. The molecule has 5 heteroatoms. The molecule has 1 aliphatic rings. The zero-order valence-electron chi connectivity index (χ0n) is 11.5. The molecule has 1 aromatic rings. The lowest BCUT2D eigenvalue weighted by molar-refractivity contribution is 0.304. The van der Waals surface area contributed by atoms with Gasteiger partial charge in [0, 0.05) is 17.8 Å². The van der Waals surface area contributed by atoms with Crippen LogP contribution in [0, 0.1) is 5.41 Å². The van der Waals surface area contributed by atoms with E-state index in [4.69, 9.17) is 16.3 Å². The van der Waals surface area contributed by atoms with Crippen LogP contribution >= 0.6 is 11.6 Å². The van der Waals surface area contributed by atoms with Crippen LogP contribution in [0.1, 0.15) is 39.0 Å².